The molecule has 0 spiro atoms. The molecular formula is C23H23FNO+. The lowest BCUT2D eigenvalue weighted by atomic mass is 9.97. The lowest BCUT2D eigenvalue weighted by Crippen LogP contribution is -2.31. The first-order valence-corrected chi connectivity index (χ1v) is 8.82. The summed E-state index contributed by atoms with van der Waals surface area (Å²) >= 11 is 0. The van der Waals surface area contributed by atoms with Gasteiger partial charge in [0.05, 0.1) is 5.56 Å². The van der Waals surface area contributed by atoms with Gasteiger partial charge in [0.25, 0.3) is 0 Å². The lowest BCUT2D eigenvalue weighted by Gasteiger charge is -2.09. The van der Waals surface area contributed by atoms with Gasteiger partial charge in [-0.25, -0.2) is 8.96 Å². The predicted octanol–water partition coefficient (Wildman–Crippen LogP) is 5.72. The topological polar surface area (TPSA) is 17.0 Å². The van der Waals surface area contributed by atoms with Crippen molar-refractivity contribution >= 4 is 21.9 Å². The Morgan fingerprint density at radius 1 is 1.12 bits per heavy atom. The Balaban J connectivity index is 1.99. The number of fused-ring (bicyclic) bond motifs is 3. The Bertz CT molecular complexity index is 1210. The third-order valence-electron chi connectivity index (χ3n) is 4.65. The van der Waals surface area contributed by atoms with Gasteiger partial charge in [0.1, 0.15) is 24.0 Å². The zero-order valence-electron chi connectivity index (χ0n) is 17.4. The highest BCUT2D eigenvalue weighted by Gasteiger charge is 2.21. The molecule has 0 saturated carbocycles. The summed E-state index contributed by atoms with van der Waals surface area (Å²) in [7, 11) is 1.93. The third-order valence-corrected chi connectivity index (χ3v) is 4.65. The highest BCUT2D eigenvalue weighted by molar-refractivity contribution is 6.12. The minimum atomic E-state index is -1.41. The van der Waals surface area contributed by atoms with Crippen molar-refractivity contribution < 1.29 is 16.1 Å². The second kappa shape index (κ2) is 6.24. The van der Waals surface area contributed by atoms with Crippen molar-refractivity contribution in [3.8, 4) is 11.3 Å². The van der Waals surface area contributed by atoms with Crippen LogP contribution < -0.4 is 4.57 Å². The van der Waals surface area contributed by atoms with Crippen LogP contribution >= 0.6 is 0 Å². The van der Waals surface area contributed by atoms with E-state index in [-0.39, 0.29) is 11.7 Å². The van der Waals surface area contributed by atoms with Gasteiger partial charge >= 0.3 is 0 Å². The molecule has 3 heteroatoms. The van der Waals surface area contributed by atoms with Crippen LogP contribution in [0.3, 0.4) is 0 Å². The van der Waals surface area contributed by atoms with Crippen molar-refractivity contribution in [2.45, 2.75) is 27.1 Å². The molecule has 0 N–H and O–H groups in total. The molecule has 2 aromatic carbocycles. The average molecular weight is 350 g/mol. The van der Waals surface area contributed by atoms with Gasteiger partial charge in [-0.05, 0) is 49.0 Å². The predicted molar refractivity (Wildman–Crippen MR) is 104 cm³/mol. The number of rotatable bonds is 3. The second-order valence-corrected chi connectivity index (χ2v) is 7.09. The van der Waals surface area contributed by atoms with Gasteiger partial charge in [-0.1, -0.05) is 19.9 Å². The van der Waals surface area contributed by atoms with Gasteiger partial charge < -0.3 is 4.42 Å². The van der Waals surface area contributed by atoms with Crippen LogP contribution in [0.2, 0.25) is 0 Å². The number of benzene rings is 2. The lowest BCUT2D eigenvalue weighted by molar-refractivity contribution is -0.660. The van der Waals surface area contributed by atoms with E-state index in [1.165, 1.54) is 12.1 Å². The van der Waals surface area contributed by atoms with E-state index < -0.39 is 6.37 Å². The van der Waals surface area contributed by atoms with Gasteiger partial charge in [-0.2, -0.15) is 0 Å². The van der Waals surface area contributed by atoms with Gasteiger partial charge in [-0.15, -0.1) is 0 Å². The van der Waals surface area contributed by atoms with Gasteiger partial charge in [0, 0.05) is 31.2 Å². The minimum absolute atomic E-state index is 0.128. The fourth-order valence-electron chi connectivity index (χ4n) is 3.56. The first kappa shape index (κ1) is 14.5. The van der Waals surface area contributed by atoms with Crippen molar-refractivity contribution in [3.63, 3.8) is 0 Å². The van der Waals surface area contributed by atoms with E-state index in [1.54, 1.807) is 6.07 Å². The number of pyridine rings is 1. The molecule has 0 bridgehead atoms. The third kappa shape index (κ3) is 2.78. The average Bonchev–Trinajstić information content (AvgIpc) is 2.99. The molecular weight excluding hydrogens is 325 g/mol. The van der Waals surface area contributed by atoms with E-state index in [1.807, 2.05) is 62.8 Å². The van der Waals surface area contributed by atoms with Crippen molar-refractivity contribution in [2.24, 2.45) is 13.0 Å². The molecule has 0 radical (unpaired) electrons. The summed E-state index contributed by atoms with van der Waals surface area (Å²) in [6, 6.07) is 12.3. The Labute approximate surface area is 155 Å². The standard InChI is InChI=1S/C23H23FNO/c1-14(2)11-16-6-9-19(25(4)13-16)22-15(3)5-10-20-23(22)18-8-7-17(24)12-21(18)26-20/h5-10,12-14H,11H2,1-4H3/q+1/i11D2. The summed E-state index contributed by atoms with van der Waals surface area (Å²) in [6.45, 7) is 5.81. The summed E-state index contributed by atoms with van der Waals surface area (Å²) in [6.07, 6.45) is 0.451. The maximum atomic E-state index is 13.7. The smallest absolute Gasteiger partial charge is 0.213 e. The highest BCUT2D eigenvalue weighted by Crippen LogP contribution is 2.37. The first-order valence-electron chi connectivity index (χ1n) is 9.82. The molecule has 26 heavy (non-hydrogen) atoms. The van der Waals surface area contributed by atoms with Gasteiger partial charge in [0.15, 0.2) is 6.20 Å². The van der Waals surface area contributed by atoms with Crippen LogP contribution in [0.15, 0.2) is 53.1 Å². The van der Waals surface area contributed by atoms with Crippen LogP contribution in [-0.2, 0) is 13.4 Å². The molecule has 0 saturated heterocycles. The fourth-order valence-corrected chi connectivity index (χ4v) is 3.56. The maximum absolute atomic E-state index is 13.7. The van der Waals surface area contributed by atoms with Gasteiger partial charge in [0.2, 0.25) is 5.69 Å². The van der Waals surface area contributed by atoms with Gasteiger partial charge in [-0.3, -0.25) is 0 Å². The van der Waals surface area contributed by atoms with Crippen LogP contribution in [0.1, 0.15) is 27.7 Å². The summed E-state index contributed by atoms with van der Waals surface area (Å²) < 4.78 is 38.2. The van der Waals surface area contributed by atoms with Crippen LogP contribution in [0.4, 0.5) is 4.39 Å². The summed E-state index contributed by atoms with van der Waals surface area (Å²) in [4.78, 5) is 0. The molecule has 2 nitrogen and oxygen atoms in total. The number of nitrogens with zero attached hydrogens (tertiary/aromatic N) is 1. The Morgan fingerprint density at radius 2 is 1.92 bits per heavy atom. The monoisotopic (exact) mass is 350 g/mol. The van der Waals surface area contributed by atoms with E-state index >= 15 is 0 Å². The largest absolute Gasteiger partial charge is 0.456 e. The van der Waals surface area contributed by atoms with Crippen molar-refractivity contribution in [1.82, 2.24) is 0 Å². The van der Waals surface area contributed by atoms with E-state index in [4.69, 9.17) is 7.16 Å². The molecule has 0 amide bonds. The zero-order valence-corrected chi connectivity index (χ0v) is 15.4. The summed E-state index contributed by atoms with van der Waals surface area (Å²) in [5.41, 5.74) is 4.94. The first-order chi connectivity index (χ1) is 13.2. The van der Waals surface area contributed by atoms with Crippen LogP contribution in [0, 0.1) is 18.7 Å². The van der Waals surface area contributed by atoms with Crippen LogP contribution in [-0.4, -0.2) is 0 Å². The Kier molecular flexibility index (Phi) is 3.48. The molecule has 0 fully saturated rings. The van der Waals surface area contributed by atoms with Crippen molar-refractivity contribution in [2.75, 3.05) is 0 Å². The molecule has 132 valence electrons. The Hall–Kier alpha value is -2.68. The quantitative estimate of drug-likeness (QED) is 0.432. The number of furan rings is 1. The van der Waals surface area contributed by atoms with Crippen LogP contribution in [0.25, 0.3) is 33.2 Å². The normalized spacial score (nSPS) is 13.5. The zero-order chi connectivity index (χ0) is 20.2. The molecule has 0 unspecified atom stereocenters. The fraction of sp³-hybridized carbons (Fsp3) is 0.261. The van der Waals surface area contributed by atoms with E-state index in [0.717, 1.165) is 27.6 Å². The molecule has 4 aromatic rings. The highest BCUT2D eigenvalue weighted by atomic mass is 19.1. The summed E-state index contributed by atoms with van der Waals surface area (Å²) in [5, 5.41) is 1.82. The van der Waals surface area contributed by atoms with Crippen molar-refractivity contribution in [1.29, 1.82) is 0 Å². The number of hydrogen-bond acceptors (Lipinski definition) is 1. The molecule has 0 aliphatic heterocycles. The Morgan fingerprint density at radius 3 is 2.65 bits per heavy atom. The minimum Gasteiger partial charge on any atom is -0.456 e. The molecule has 0 aliphatic rings. The number of aryl methyl sites for hydroxylation is 2. The maximum Gasteiger partial charge on any atom is 0.213 e. The number of aromatic nitrogens is 1. The second-order valence-electron chi connectivity index (χ2n) is 7.09. The molecule has 0 atom stereocenters. The number of hydrogen-bond donors (Lipinski definition) is 0. The molecule has 2 heterocycles. The summed E-state index contributed by atoms with van der Waals surface area (Å²) in [5.74, 6) is -0.452. The van der Waals surface area contributed by atoms with E-state index in [0.29, 0.717) is 16.7 Å². The SMILES string of the molecule is [2H]C([2H])(c1ccc(-c2c(C)ccc3oc4cc(F)ccc4c23)[n+](C)c1)C(C)C. The number of halogens is 1. The molecule has 0 aliphatic carbocycles. The van der Waals surface area contributed by atoms with E-state index in [2.05, 4.69) is 0 Å². The molecule has 4 rings (SSSR count). The molecule has 2 aromatic heterocycles. The van der Waals surface area contributed by atoms with Crippen molar-refractivity contribution in [3.05, 3.63) is 65.6 Å². The van der Waals surface area contributed by atoms with E-state index in [9.17, 15) is 4.39 Å². The van der Waals surface area contributed by atoms with Crippen LogP contribution in [0.5, 0.6) is 0 Å².